The molecule has 1 N–H and O–H groups in total. The van der Waals surface area contributed by atoms with Gasteiger partial charge in [0.15, 0.2) is 11.6 Å². The van der Waals surface area contributed by atoms with E-state index in [9.17, 15) is 4.79 Å². The number of pyridine rings is 1. The molecule has 4 rings (SSSR count). The maximum absolute atomic E-state index is 12.5. The highest BCUT2D eigenvalue weighted by atomic mass is 35.5. The van der Waals surface area contributed by atoms with Gasteiger partial charge in [0.1, 0.15) is 0 Å². The van der Waals surface area contributed by atoms with Gasteiger partial charge in [-0.05, 0) is 36.4 Å². The number of amides is 1. The molecule has 0 unspecified atom stereocenters. The average molecular weight is 401 g/mol. The predicted molar refractivity (Wildman–Crippen MR) is 107 cm³/mol. The SMILES string of the molecule is O=C(c1ccc(Cl)s1)N1CCN(c2ccc(Nc3ccncc3)nn2)CC1. The van der Waals surface area contributed by atoms with Crippen LogP contribution in [-0.2, 0) is 0 Å². The maximum Gasteiger partial charge on any atom is 0.264 e. The molecule has 0 aromatic carbocycles. The molecule has 1 aliphatic rings. The van der Waals surface area contributed by atoms with Crippen molar-refractivity contribution in [3.05, 3.63) is 58.0 Å². The highest BCUT2D eigenvalue weighted by molar-refractivity contribution is 7.17. The van der Waals surface area contributed by atoms with E-state index in [2.05, 4.69) is 25.4 Å². The van der Waals surface area contributed by atoms with Crippen LogP contribution in [0.1, 0.15) is 9.67 Å². The Balaban J connectivity index is 1.35. The van der Waals surface area contributed by atoms with E-state index in [1.165, 1.54) is 11.3 Å². The number of carbonyl (C=O) groups is 1. The van der Waals surface area contributed by atoms with Gasteiger partial charge in [-0.2, -0.15) is 0 Å². The molecule has 1 amide bonds. The van der Waals surface area contributed by atoms with Crippen molar-refractivity contribution in [3.8, 4) is 0 Å². The van der Waals surface area contributed by atoms with E-state index in [1.54, 1.807) is 24.5 Å². The van der Waals surface area contributed by atoms with Gasteiger partial charge in [-0.3, -0.25) is 9.78 Å². The Morgan fingerprint density at radius 3 is 2.41 bits per heavy atom. The molecule has 9 heteroatoms. The summed E-state index contributed by atoms with van der Waals surface area (Å²) in [6.07, 6.45) is 3.43. The van der Waals surface area contributed by atoms with E-state index in [1.807, 2.05) is 29.2 Å². The van der Waals surface area contributed by atoms with Crippen molar-refractivity contribution in [1.82, 2.24) is 20.1 Å². The molecular weight excluding hydrogens is 384 g/mol. The quantitative estimate of drug-likeness (QED) is 0.724. The van der Waals surface area contributed by atoms with Crippen molar-refractivity contribution in [1.29, 1.82) is 0 Å². The van der Waals surface area contributed by atoms with Gasteiger partial charge in [-0.1, -0.05) is 11.6 Å². The number of piperazine rings is 1. The van der Waals surface area contributed by atoms with Crippen LogP contribution >= 0.6 is 22.9 Å². The van der Waals surface area contributed by atoms with Gasteiger partial charge >= 0.3 is 0 Å². The van der Waals surface area contributed by atoms with Gasteiger partial charge in [0, 0.05) is 44.3 Å². The normalized spacial score (nSPS) is 14.3. The highest BCUT2D eigenvalue weighted by Crippen LogP contribution is 2.24. The molecule has 138 valence electrons. The standard InChI is InChI=1S/C18H17ClN6OS/c19-15-2-1-14(27-15)18(26)25-11-9-24(10-12-25)17-4-3-16(22-23-17)21-13-5-7-20-8-6-13/h1-8H,9-12H2,(H,20,21,22). The maximum atomic E-state index is 12.5. The van der Waals surface area contributed by atoms with Crippen LogP contribution in [0.4, 0.5) is 17.3 Å². The second-order valence-corrected chi connectivity index (χ2v) is 7.74. The first-order valence-corrected chi connectivity index (χ1v) is 9.69. The number of anilines is 3. The first kappa shape index (κ1) is 17.7. The third-order valence-electron chi connectivity index (χ3n) is 4.28. The Labute approximate surface area is 165 Å². The second kappa shape index (κ2) is 7.89. The van der Waals surface area contributed by atoms with Crippen LogP contribution in [-0.4, -0.2) is 52.2 Å². The summed E-state index contributed by atoms with van der Waals surface area (Å²) < 4.78 is 0.632. The lowest BCUT2D eigenvalue weighted by molar-refractivity contribution is 0.0751. The van der Waals surface area contributed by atoms with Crippen LogP contribution in [0.2, 0.25) is 4.34 Å². The topological polar surface area (TPSA) is 74.2 Å². The first-order chi connectivity index (χ1) is 13.2. The molecule has 0 atom stereocenters. The van der Waals surface area contributed by atoms with Gasteiger partial charge < -0.3 is 15.1 Å². The Bertz CT molecular complexity index is 909. The Morgan fingerprint density at radius 2 is 1.78 bits per heavy atom. The molecule has 3 aromatic heterocycles. The summed E-state index contributed by atoms with van der Waals surface area (Å²) >= 11 is 7.24. The van der Waals surface area contributed by atoms with Gasteiger partial charge in [-0.15, -0.1) is 21.5 Å². The van der Waals surface area contributed by atoms with Crippen LogP contribution in [0.5, 0.6) is 0 Å². The average Bonchev–Trinajstić information content (AvgIpc) is 3.15. The Kier molecular flexibility index (Phi) is 5.17. The van der Waals surface area contributed by atoms with Crippen molar-refractivity contribution in [2.24, 2.45) is 0 Å². The summed E-state index contributed by atoms with van der Waals surface area (Å²) in [6, 6.07) is 11.1. The van der Waals surface area contributed by atoms with Gasteiger partial charge in [0.05, 0.1) is 9.21 Å². The van der Waals surface area contributed by atoms with Crippen molar-refractivity contribution in [2.45, 2.75) is 0 Å². The van der Waals surface area contributed by atoms with Crippen molar-refractivity contribution in [2.75, 3.05) is 36.4 Å². The fourth-order valence-corrected chi connectivity index (χ4v) is 3.88. The van der Waals surface area contributed by atoms with E-state index in [0.29, 0.717) is 28.1 Å². The van der Waals surface area contributed by atoms with Gasteiger partial charge in [0.2, 0.25) is 0 Å². The lowest BCUT2D eigenvalue weighted by atomic mass is 10.3. The molecule has 1 aliphatic heterocycles. The third kappa shape index (κ3) is 4.17. The zero-order valence-corrected chi connectivity index (χ0v) is 16.0. The molecule has 7 nitrogen and oxygen atoms in total. The number of nitrogens with zero attached hydrogens (tertiary/aromatic N) is 5. The molecule has 0 bridgehead atoms. The predicted octanol–water partition coefficient (Wildman–Crippen LogP) is 3.29. The van der Waals surface area contributed by atoms with Crippen molar-refractivity contribution in [3.63, 3.8) is 0 Å². The number of nitrogens with one attached hydrogen (secondary N) is 1. The van der Waals surface area contributed by atoms with E-state index in [4.69, 9.17) is 11.6 Å². The van der Waals surface area contributed by atoms with Gasteiger partial charge in [-0.25, -0.2) is 0 Å². The van der Waals surface area contributed by atoms with E-state index >= 15 is 0 Å². The second-order valence-electron chi connectivity index (χ2n) is 6.02. The highest BCUT2D eigenvalue weighted by Gasteiger charge is 2.24. The molecule has 3 aromatic rings. The van der Waals surface area contributed by atoms with Crippen molar-refractivity contribution < 1.29 is 4.79 Å². The number of aromatic nitrogens is 3. The lowest BCUT2D eigenvalue weighted by Gasteiger charge is -2.35. The van der Waals surface area contributed by atoms with Crippen LogP contribution in [0.25, 0.3) is 0 Å². The Hall–Kier alpha value is -2.71. The number of carbonyl (C=O) groups excluding carboxylic acids is 1. The number of halogens is 1. The van der Waals surface area contributed by atoms with E-state index in [-0.39, 0.29) is 5.91 Å². The summed E-state index contributed by atoms with van der Waals surface area (Å²) in [5.74, 6) is 1.52. The van der Waals surface area contributed by atoms with E-state index < -0.39 is 0 Å². The van der Waals surface area contributed by atoms with Gasteiger partial charge in [0.25, 0.3) is 5.91 Å². The third-order valence-corrected chi connectivity index (χ3v) is 5.50. The molecule has 27 heavy (non-hydrogen) atoms. The summed E-state index contributed by atoms with van der Waals surface area (Å²) in [5.41, 5.74) is 0.910. The number of hydrogen-bond donors (Lipinski definition) is 1. The number of thiophene rings is 1. The molecule has 1 fully saturated rings. The smallest absolute Gasteiger partial charge is 0.264 e. The fourth-order valence-electron chi connectivity index (χ4n) is 2.87. The zero-order valence-electron chi connectivity index (χ0n) is 14.4. The summed E-state index contributed by atoms with van der Waals surface area (Å²) in [7, 11) is 0. The lowest BCUT2D eigenvalue weighted by Crippen LogP contribution is -2.48. The first-order valence-electron chi connectivity index (χ1n) is 8.49. The van der Waals surface area contributed by atoms with Crippen LogP contribution in [0.15, 0.2) is 48.8 Å². The summed E-state index contributed by atoms with van der Waals surface area (Å²) in [5, 5.41) is 11.7. The molecule has 1 saturated heterocycles. The molecule has 0 spiro atoms. The van der Waals surface area contributed by atoms with Crippen LogP contribution < -0.4 is 10.2 Å². The summed E-state index contributed by atoms with van der Waals surface area (Å²) in [4.78, 5) is 21.1. The largest absolute Gasteiger partial charge is 0.352 e. The minimum atomic E-state index is 0.0366. The van der Waals surface area contributed by atoms with Crippen LogP contribution in [0.3, 0.4) is 0 Å². The molecule has 0 aliphatic carbocycles. The zero-order chi connectivity index (χ0) is 18.6. The Morgan fingerprint density at radius 1 is 1.00 bits per heavy atom. The fraction of sp³-hybridized carbons (Fsp3) is 0.222. The minimum Gasteiger partial charge on any atom is -0.352 e. The summed E-state index contributed by atoms with van der Waals surface area (Å²) in [6.45, 7) is 2.73. The number of hydrogen-bond acceptors (Lipinski definition) is 7. The van der Waals surface area contributed by atoms with E-state index in [0.717, 1.165) is 24.6 Å². The monoisotopic (exact) mass is 400 g/mol. The molecule has 0 saturated carbocycles. The minimum absolute atomic E-state index is 0.0366. The van der Waals surface area contributed by atoms with Crippen molar-refractivity contribution >= 4 is 46.2 Å². The molecule has 0 radical (unpaired) electrons. The molecule has 4 heterocycles. The number of rotatable bonds is 4. The van der Waals surface area contributed by atoms with Crippen LogP contribution in [0, 0.1) is 0 Å². The molecular formula is C18H17ClN6OS.